The van der Waals surface area contributed by atoms with Crippen LogP contribution in [-0.2, 0) is 32.1 Å². The lowest BCUT2D eigenvalue weighted by atomic mass is 10.0. The summed E-state index contributed by atoms with van der Waals surface area (Å²) >= 11 is 1.55. The van der Waals surface area contributed by atoms with Crippen LogP contribution in [0.3, 0.4) is 0 Å². The van der Waals surface area contributed by atoms with Crippen LogP contribution in [0.25, 0.3) is 0 Å². The fourth-order valence-corrected chi connectivity index (χ4v) is 5.56. The summed E-state index contributed by atoms with van der Waals surface area (Å²) in [5.74, 6) is 0.784. The average Bonchev–Trinajstić information content (AvgIpc) is 3.74. The number of fused-ring (bicyclic) bond motifs is 1. The molecule has 186 valence electrons. The van der Waals surface area contributed by atoms with Crippen molar-refractivity contribution in [2.75, 3.05) is 12.9 Å². The predicted octanol–water partition coefficient (Wildman–Crippen LogP) is 3.60. The van der Waals surface area contributed by atoms with Crippen molar-refractivity contribution in [2.24, 2.45) is 5.92 Å². The van der Waals surface area contributed by atoms with Crippen LogP contribution in [0.5, 0.6) is 5.75 Å². The second-order valence-electron chi connectivity index (χ2n) is 9.11. The highest BCUT2D eigenvalue weighted by Crippen LogP contribution is 2.42. The van der Waals surface area contributed by atoms with E-state index in [0.717, 1.165) is 35.3 Å². The van der Waals surface area contributed by atoms with Crippen LogP contribution < -0.4 is 10.1 Å². The lowest BCUT2D eigenvalue weighted by Crippen LogP contribution is -2.70. The number of methoxy groups -OCH3 is 1. The molecule has 3 aliphatic rings. The molecule has 2 fully saturated rings. The summed E-state index contributed by atoms with van der Waals surface area (Å²) in [6, 6.07) is 16.0. The van der Waals surface area contributed by atoms with Gasteiger partial charge in [0.25, 0.3) is 5.91 Å². The van der Waals surface area contributed by atoms with Gasteiger partial charge in [-0.15, -0.1) is 11.8 Å². The monoisotopic (exact) mass is 504 g/mol. The molecule has 2 unspecified atom stereocenters. The number of carbonyl (C=O) groups excluding carboxylic acids is 3. The van der Waals surface area contributed by atoms with Crippen LogP contribution in [0.2, 0.25) is 0 Å². The van der Waals surface area contributed by atoms with Gasteiger partial charge in [0.05, 0.1) is 13.5 Å². The van der Waals surface area contributed by atoms with Gasteiger partial charge in [-0.1, -0.05) is 54.6 Å². The van der Waals surface area contributed by atoms with E-state index in [1.807, 2.05) is 48.5 Å². The number of rotatable bonds is 9. The number of ether oxygens (including phenoxy) is 2. The Labute approximate surface area is 214 Å². The van der Waals surface area contributed by atoms with E-state index in [1.165, 1.54) is 4.90 Å². The first-order chi connectivity index (χ1) is 17.5. The summed E-state index contributed by atoms with van der Waals surface area (Å²) in [6.07, 6.45) is 6.56. The topological polar surface area (TPSA) is 84.9 Å². The van der Waals surface area contributed by atoms with Crippen LogP contribution in [0.4, 0.5) is 0 Å². The van der Waals surface area contributed by atoms with Gasteiger partial charge < -0.3 is 14.8 Å². The predicted molar refractivity (Wildman–Crippen MR) is 137 cm³/mol. The van der Waals surface area contributed by atoms with Crippen molar-refractivity contribution in [3.8, 4) is 5.75 Å². The van der Waals surface area contributed by atoms with Gasteiger partial charge in [0, 0.05) is 5.75 Å². The number of β-lactam (4-membered cyclic amide) rings is 1. The maximum Gasteiger partial charge on any atom is 0.355 e. The highest BCUT2D eigenvalue weighted by atomic mass is 32.2. The molecule has 0 aromatic heterocycles. The number of hydrogen-bond donors (Lipinski definition) is 1. The second kappa shape index (κ2) is 10.6. The molecule has 2 aromatic rings. The molecule has 36 heavy (non-hydrogen) atoms. The Kier molecular flexibility index (Phi) is 7.13. The number of nitrogens with zero attached hydrogens (tertiary/aromatic N) is 1. The van der Waals surface area contributed by atoms with E-state index in [4.69, 9.17) is 9.47 Å². The van der Waals surface area contributed by atoms with Gasteiger partial charge in [0.1, 0.15) is 29.5 Å². The summed E-state index contributed by atoms with van der Waals surface area (Å²) in [7, 11) is 1.59. The average molecular weight is 505 g/mol. The van der Waals surface area contributed by atoms with E-state index in [2.05, 4.69) is 11.4 Å². The molecule has 5 rings (SSSR count). The number of allylic oxidation sites excluding steroid dienone is 2. The number of esters is 1. The minimum Gasteiger partial charge on any atom is -0.497 e. The molecule has 0 spiro atoms. The van der Waals surface area contributed by atoms with Crippen molar-refractivity contribution in [2.45, 2.75) is 37.3 Å². The molecule has 8 heteroatoms. The highest BCUT2D eigenvalue weighted by molar-refractivity contribution is 8.00. The van der Waals surface area contributed by atoms with Crippen molar-refractivity contribution in [1.82, 2.24) is 10.2 Å². The van der Waals surface area contributed by atoms with Gasteiger partial charge in [-0.25, -0.2) is 4.79 Å². The highest BCUT2D eigenvalue weighted by Gasteiger charge is 2.54. The zero-order valence-corrected chi connectivity index (χ0v) is 20.8. The Morgan fingerprint density at radius 2 is 1.83 bits per heavy atom. The van der Waals surface area contributed by atoms with Gasteiger partial charge in [0.15, 0.2) is 0 Å². The lowest BCUT2D eigenvalue weighted by Gasteiger charge is -2.49. The molecular formula is C28H28N2O5S. The Balaban J connectivity index is 1.29. The van der Waals surface area contributed by atoms with Gasteiger partial charge in [-0.2, -0.15) is 0 Å². The Bertz CT molecular complexity index is 1200. The third-order valence-corrected chi connectivity index (χ3v) is 7.74. The van der Waals surface area contributed by atoms with Crippen LogP contribution in [0, 0.1) is 5.92 Å². The number of thioether (sulfide) groups is 1. The van der Waals surface area contributed by atoms with Gasteiger partial charge in [0.2, 0.25) is 5.91 Å². The molecule has 1 saturated carbocycles. The van der Waals surface area contributed by atoms with E-state index in [0.29, 0.717) is 11.7 Å². The van der Waals surface area contributed by atoms with E-state index in [1.54, 1.807) is 31.0 Å². The standard InChI is InChI=1S/C28H28N2O5S/c1-34-22-13-10-20(11-14-22)16-35-28(33)25-21(12-9-18-7-8-18)17-36-27-24(26(32)30(25)27)29-23(31)15-19-5-3-2-4-6-19/h2-6,9-14,18,24,27H,7-8,15-17H2,1H3,(H,29,31)/b12-9+. The molecule has 0 radical (unpaired) electrons. The first-order valence-electron chi connectivity index (χ1n) is 12.0. The van der Waals surface area contributed by atoms with Crippen molar-refractivity contribution in [3.63, 3.8) is 0 Å². The minimum absolute atomic E-state index is 0.0863. The minimum atomic E-state index is -0.662. The second-order valence-corrected chi connectivity index (χ2v) is 10.2. The summed E-state index contributed by atoms with van der Waals surface area (Å²) in [4.78, 5) is 40.5. The zero-order chi connectivity index (χ0) is 25.1. The first-order valence-corrected chi connectivity index (χ1v) is 13.1. The van der Waals surface area contributed by atoms with Crippen molar-refractivity contribution in [1.29, 1.82) is 0 Å². The lowest BCUT2D eigenvalue weighted by molar-refractivity contribution is -0.153. The fourth-order valence-electron chi connectivity index (χ4n) is 4.25. The summed E-state index contributed by atoms with van der Waals surface area (Å²) in [5, 5.41) is 2.53. The Morgan fingerprint density at radius 3 is 2.53 bits per heavy atom. The SMILES string of the molecule is COc1ccc(COC(=O)C2=C(/C=C/C3CC3)CSC3C(NC(=O)Cc4ccccc4)C(=O)N23)cc1. The number of benzene rings is 2. The van der Waals surface area contributed by atoms with E-state index < -0.39 is 12.0 Å². The zero-order valence-electron chi connectivity index (χ0n) is 20.0. The molecule has 2 heterocycles. The summed E-state index contributed by atoms with van der Waals surface area (Å²) in [6.45, 7) is 0.0863. The number of carbonyl (C=O) groups is 3. The maximum absolute atomic E-state index is 13.2. The number of amides is 2. The molecule has 2 aromatic carbocycles. The van der Waals surface area contributed by atoms with Crippen molar-refractivity contribution < 1.29 is 23.9 Å². The van der Waals surface area contributed by atoms with Crippen LogP contribution in [-0.4, -0.2) is 47.0 Å². The van der Waals surface area contributed by atoms with Gasteiger partial charge in [-0.05, 0) is 47.6 Å². The number of hydrogen-bond acceptors (Lipinski definition) is 6. The van der Waals surface area contributed by atoms with Gasteiger partial charge >= 0.3 is 5.97 Å². The van der Waals surface area contributed by atoms with Crippen LogP contribution in [0.1, 0.15) is 24.0 Å². The molecule has 0 bridgehead atoms. The van der Waals surface area contributed by atoms with Crippen LogP contribution >= 0.6 is 11.8 Å². The summed E-state index contributed by atoms with van der Waals surface area (Å²) < 4.78 is 10.8. The molecule has 2 aliphatic heterocycles. The van der Waals surface area contributed by atoms with E-state index in [-0.39, 0.29) is 35.9 Å². The third kappa shape index (κ3) is 5.33. The number of nitrogens with one attached hydrogen (secondary N) is 1. The third-order valence-electron chi connectivity index (χ3n) is 6.44. The Hall–Kier alpha value is -3.52. The molecule has 1 aliphatic carbocycles. The molecule has 1 N–H and O–H groups in total. The quantitative estimate of drug-likeness (QED) is 0.415. The molecule has 1 saturated heterocycles. The van der Waals surface area contributed by atoms with Gasteiger partial charge in [-0.3, -0.25) is 14.5 Å². The van der Waals surface area contributed by atoms with E-state index >= 15 is 0 Å². The first kappa shape index (κ1) is 24.2. The Morgan fingerprint density at radius 1 is 1.08 bits per heavy atom. The van der Waals surface area contributed by atoms with Crippen LogP contribution in [0.15, 0.2) is 78.0 Å². The normalized spacial score (nSPS) is 21.1. The maximum atomic E-state index is 13.2. The largest absolute Gasteiger partial charge is 0.497 e. The van der Waals surface area contributed by atoms with Crippen molar-refractivity contribution in [3.05, 3.63) is 89.1 Å². The molecular weight excluding hydrogens is 476 g/mol. The fraction of sp³-hybridized carbons (Fsp3) is 0.321. The smallest absolute Gasteiger partial charge is 0.355 e. The molecule has 7 nitrogen and oxygen atoms in total. The molecule has 2 atom stereocenters. The van der Waals surface area contributed by atoms with E-state index in [9.17, 15) is 14.4 Å². The molecule has 2 amide bonds. The summed E-state index contributed by atoms with van der Waals surface area (Å²) in [5.41, 5.74) is 2.76. The van der Waals surface area contributed by atoms with Crippen molar-refractivity contribution >= 4 is 29.5 Å².